The summed E-state index contributed by atoms with van der Waals surface area (Å²) in [6.45, 7) is 7.70. The van der Waals surface area contributed by atoms with Gasteiger partial charge in [-0.15, -0.1) is 0 Å². The molecule has 1 aromatic carbocycles. The standard InChI is InChI=1S/C19H31NO/c1-4-15-10-9-11-16(14-15)21-19-13-8-7-12-17(19)18(5-2)20-6-3/h7-8,12-13,15-16,18,20H,4-6,9-11,14H2,1-3H3. The molecule has 0 aliphatic heterocycles. The Morgan fingerprint density at radius 3 is 2.71 bits per heavy atom. The van der Waals surface area contributed by atoms with Crippen molar-refractivity contribution in [2.75, 3.05) is 6.54 Å². The molecule has 0 spiro atoms. The Morgan fingerprint density at radius 2 is 2.00 bits per heavy atom. The summed E-state index contributed by atoms with van der Waals surface area (Å²) in [4.78, 5) is 0. The first-order valence-electron chi connectivity index (χ1n) is 8.77. The molecule has 1 aliphatic rings. The molecule has 0 saturated heterocycles. The number of hydrogen-bond acceptors (Lipinski definition) is 2. The van der Waals surface area contributed by atoms with Crippen LogP contribution < -0.4 is 10.1 Å². The first-order valence-corrected chi connectivity index (χ1v) is 8.77. The van der Waals surface area contributed by atoms with Crippen LogP contribution in [0.5, 0.6) is 5.75 Å². The van der Waals surface area contributed by atoms with Crippen LogP contribution in [0.3, 0.4) is 0 Å². The second kappa shape index (κ2) is 8.43. The van der Waals surface area contributed by atoms with Crippen LogP contribution >= 0.6 is 0 Å². The number of hydrogen-bond donors (Lipinski definition) is 1. The lowest BCUT2D eigenvalue weighted by atomic mass is 9.85. The second-order valence-electron chi connectivity index (χ2n) is 6.24. The lowest BCUT2D eigenvalue weighted by Gasteiger charge is -2.30. The predicted molar refractivity (Wildman–Crippen MR) is 89.8 cm³/mol. The molecule has 1 saturated carbocycles. The third-order valence-corrected chi connectivity index (χ3v) is 4.76. The van der Waals surface area contributed by atoms with Gasteiger partial charge < -0.3 is 10.1 Å². The van der Waals surface area contributed by atoms with Gasteiger partial charge in [0.2, 0.25) is 0 Å². The van der Waals surface area contributed by atoms with E-state index < -0.39 is 0 Å². The average molecular weight is 289 g/mol. The fourth-order valence-corrected chi connectivity index (χ4v) is 3.50. The molecular formula is C19H31NO. The molecular weight excluding hydrogens is 258 g/mol. The van der Waals surface area contributed by atoms with Crippen molar-refractivity contribution >= 4 is 0 Å². The second-order valence-corrected chi connectivity index (χ2v) is 6.24. The van der Waals surface area contributed by atoms with Crippen LogP contribution in [0, 0.1) is 5.92 Å². The van der Waals surface area contributed by atoms with E-state index in [0.29, 0.717) is 12.1 Å². The Morgan fingerprint density at radius 1 is 1.19 bits per heavy atom. The topological polar surface area (TPSA) is 21.3 Å². The zero-order valence-electron chi connectivity index (χ0n) is 13.9. The maximum atomic E-state index is 6.41. The zero-order chi connectivity index (χ0) is 15.1. The van der Waals surface area contributed by atoms with Gasteiger partial charge in [-0.05, 0) is 44.2 Å². The number of ether oxygens (including phenoxy) is 1. The van der Waals surface area contributed by atoms with Crippen LogP contribution in [0.25, 0.3) is 0 Å². The molecule has 0 aromatic heterocycles. The van der Waals surface area contributed by atoms with Gasteiger partial charge in [-0.1, -0.05) is 51.8 Å². The lowest BCUT2D eigenvalue weighted by Crippen LogP contribution is -2.27. The number of rotatable bonds is 7. The summed E-state index contributed by atoms with van der Waals surface area (Å²) in [5.74, 6) is 1.94. The van der Waals surface area contributed by atoms with Crippen molar-refractivity contribution in [3.63, 3.8) is 0 Å². The molecule has 0 radical (unpaired) electrons. The van der Waals surface area contributed by atoms with E-state index in [1.165, 1.54) is 37.7 Å². The van der Waals surface area contributed by atoms with Crippen molar-refractivity contribution in [2.45, 2.75) is 71.4 Å². The lowest BCUT2D eigenvalue weighted by molar-refractivity contribution is 0.120. The van der Waals surface area contributed by atoms with Gasteiger partial charge in [0.25, 0.3) is 0 Å². The molecule has 0 amide bonds. The van der Waals surface area contributed by atoms with Gasteiger partial charge in [-0.25, -0.2) is 0 Å². The van der Waals surface area contributed by atoms with Gasteiger partial charge in [0.1, 0.15) is 5.75 Å². The number of nitrogens with one attached hydrogen (secondary N) is 1. The summed E-state index contributed by atoms with van der Waals surface area (Å²) < 4.78 is 6.41. The minimum atomic E-state index is 0.400. The minimum Gasteiger partial charge on any atom is -0.490 e. The molecule has 0 bridgehead atoms. The Hall–Kier alpha value is -1.02. The Balaban J connectivity index is 2.08. The number of para-hydroxylation sites is 1. The van der Waals surface area contributed by atoms with Gasteiger partial charge in [-0.3, -0.25) is 0 Å². The fourth-order valence-electron chi connectivity index (χ4n) is 3.50. The van der Waals surface area contributed by atoms with E-state index in [-0.39, 0.29) is 0 Å². The Kier molecular flexibility index (Phi) is 6.56. The first-order chi connectivity index (χ1) is 10.3. The summed E-state index contributed by atoms with van der Waals surface area (Å²) >= 11 is 0. The van der Waals surface area contributed by atoms with E-state index in [1.807, 2.05) is 0 Å². The molecule has 1 aliphatic carbocycles. The maximum absolute atomic E-state index is 6.41. The third kappa shape index (κ3) is 4.47. The zero-order valence-corrected chi connectivity index (χ0v) is 13.9. The summed E-state index contributed by atoms with van der Waals surface area (Å²) in [5.41, 5.74) is 1.32. The van der Waals surface area contributed by atoms with Gasteiger partial charge in [0.05, 0.1) is 6.10 Å². The van der Waals surface area contributed by atoms with Gasteiger partial charge in [0.15, 0.2) is 0 Å². The van der Waals surface area contributed by atoms with Gasteiger partial charge >= 0.3 is 0 Å². The molecule has 3 unspecified atom stereocenters. The Labute approximate surface area is 130 Å². The molecule has 2 rings (SSSR count). The average Bonchev–Trinajstić information content (AvgIpc) is 2.53. The number of benzene rings is 1. The van der Waals surface area contributed by atoms with E-state index in [4.69, 9.17) is 4.74 Å². The molecule has 2 heteroatoms. The van der Waals surface area contributed by atoms with E-state index in [0.717, 1.165) is 24.6 Å². The molecule has 1 N–H and O–H groups in total. The smallest absolute Gasteiger partial charge is 0.124 e. The largest absolute Gasteiger partial charge is 0.490 e. The Bertz CT molecular complexity index is 418. The van der Waals surface area contributed by atoms with Crippen LogP contribution in [0.4, 0.5) is 0 Å². The van der Waals surface area contributed by atoms with Crippen LogP contribution in [0.1, 0.15) is 70.9 Å². The molecule has 1 aromatic rings. The van der Waals surface area contributed by atoms with E-state index in [1.54, 1.807) is 0 Å². The summed E-state index contributed by atoms with van der Waals surface area (Å²) in [5, 5.41) is 3.57. The van der Waals surface area contributed by atoms with Crippen molar-refractivity contribution in [3.05, 3.63) is 29.8 Å². The van der Waals surface area contributed by atoms with Crippen molar-refractivity contribution in [3.8, 4) is 5.75 Å². The normalized spacial score (nSPS) is 23.8. The van der Waals surface area contributed by atoms with Crippen LogP contribution in [-0.2, 0) is 0 Å². The highest BCUT2D eigenvalue weighted by Gasteiger charge is 2.23. The first kappa shape index (κ1) is 16.4. The molecule has 3 atom stereocenters. The molecule has 0 heterocycles. The van der Waals surface area contributed by atoms with Gasteiger partial charge in [0, 0.05) is 11.6 Å². The maximum Gasteiger partial charge on any atom is 0.124 e. The van der Waals surface area contributed by atoms with Crippen LogP contribution in [0.2, 0.25) is 0 Å². The van der Waals surface area contributed by atoms with Crippen molar-refractivity contribution < 1.29 is 4.74 Å². The highest BCUT2D eigenvalue weighted by Crippen LogP contribution is 2.33. The summed E-state index contributed by atoms with van der Waals surface area (Å²) in [6.07, 6.45) is 7.92. The SMILES string of the molecule is CCNC(CC)c1ccccc1OC1CCCC(CC)C1. The van der Waals surface area contributed by atoms with Gasteiger partial charge in [-0.2, -0.15) is 0 Å². The highest BCUT2D eigenvalue weighted by atomic mass is 16.5. The summed E-state index contributed by atoms with van der Waals surface area (Å²) in [7, 11) is 0. The molecule has 1 fully saturated rings. The minimum absolute atomic E-state index is 0.400. The van der Waals surface area contributed by atoms with Crippen LogP contribution in [-0.4, -0.2) is 12.6 Å². The molecule has 2 nitrogen and oxygen atoms in total. The molecule has 21 heavy (non-hydrogen) atoms. The van der Waals surface area contributed by atoms with Crippen molar-refractivity contribution in [2.24, 2.45) is 5.92 Å². The summed E-state index contributed by atoms with van der Waals surface area (Å²) in [6, 6.07) is 8.98. The fraction of sp³-hybridized carbons (Fsp3) is 0.684. The third-order valence-electron chi connectivity index (χ3n) is 4.76. The molecule has 118 valence electrons. The van der Waals surface area contributed by atoms with E-state index in [9.17, 15) is 0 Å². The monoisotopic (exact) mass is 289 g/mol. The quantitative estimate of drug-likeness (QED) is 0.754. The van der Waals surface area contributed by atoms with Crippen LogP contribution in [0.15, 0.2) is 24.3 Å². The van der Waals surface area contributed by atoms with Crippen molar-refractivity contribution in [1.82, 2.24) is 5.32 Å². The van der Waals surface area contributed by atoms with Crippen molar-refractivity contribution in [1.29, 1.82) is 0 Å². The predicted octanol–water partition coefficient (Wildman–Crippen LogP) is 5.09. The van der Waals surface area contributed by atoms with E-state index in [2.05, 4.69) is 50.4 Å². The highest BCUT2D eigenvalue weighted by molar-refractivity contribution is 5.36. The van der Waals surface area contributed by atoms with E-state index >= 15 is 0 Å².